The Hall–Kier alpha value is -3.45. The number of piperidine rings is 2. The van der Waals surface area contributed by atoms with Gasteiger partial charge in [-0.15, -0.1) is 0 Å². The molecule has 0 aromatic heterocycles. The van der Waals surface area contributed by atoms with Crippen molar-refractivity contribution in [2.24, 2.45) is 0 Å². The minimum Gasteiger partial charge on any atom is -0.459 e. The fourth-order valence-electron chi connectivity index (χ4n) is 7.46. The maximum atomic E-state index is 14.0. The van der Waals surface area contributed by atoms with Crippen molar-refractivity contribution in [3.63, 3.8) is 0 Å². The first kappa shape index (κ1) is 28.3. The van der Waals surface area contributed by atoms with Crippen molar-refractivity contribution in [2.75, 3.05) is 26.2 Å². The molecule has 6 nitrogen and oxygen atoms in total. The summed E-state index contributed by atoms with van der Waals surface area (Å²) >= 11 is 0. The zero-order valence-electron chi connectivity index (χ0n) is 24.9. The van der Waals surface area contributed by atoms with E-state index in [0.29, 0.717) is 24.8 Å². The van der Waals surface area contributed by atoms with E-state index in [4.69, 9.17) is 9.47 Å². The van der Waals surface area contributed by atoms with Crippen molar-refractivity contribution in [3.05, 3.63) is 106 Å². The first-order valence-corrected chi connectivity index (χ1v) is 16.1. The van der Waals surface area contributed by atoms with Crippen LogP contribution in [0.1, 0.15) is 72.3 Å². The minimum atomic E-state index is -0.531. The van der Waals surface area contributed by atoms with Crippen LogP contribution in [0.2, 0.25) is 0 Å². The number of likely N-dealkylation sites (tertiary alicyclic amines) is 2. The Morgan fingerprint density at radius 3 is 2.40 bits per heavy atom. The minimum absolute atomic E-state index is 0.0152. The van der Waals surface area contributed by atoms with Crippen LogP contribution in [0.4, 0.5) is 0 Å². The number of aliphatic hydroxyl groups is 1. The molecule has 1 aliphatic carbocycles. The highest BCUT2D eigenvalue weighted by Crippen LogP contribution is 2.43. The maximum Gasteiger partial charge on any atom is 0.288 e. The largest absolute Gasteiger partial charge is 0.459 e. The molecule has 6 heteroatoms. The SMILES string of the molecule is O=C(C1=C[C@@H](c2cccc3c2Cc2ccccc2-3)C[C@@H](OCc2ccc(CO)cc2)O1)N1CCC(N2CCCCC2)CC1. The highest BCUT2D eigenvalue weighted by atomic mass is 16.7. The summed E-state index contributed by atoms with van der Waals surface area (Å²) in [4.78, 5) is 18.6. The van der Waals surface area contributed by atoms with Gasteiger partial charge in [-0.05, 0) is 90.2 Å². The van der Waals surface area contributed by atoms with E-state index >= 15 is 0 Å². The van der Waals surface area contributed by atoms with Gasteiger partial charge in [0.15, 0.2) is 5.76 Å². The van der Waals surface area contributed by atoms with E-state index in [-0.39, 0.29) is 18.4 Å². The summed E-state index contributed by atoms with van der Waals surface area (Å²) in [5, 5.41) is 9.40. The normalized spacial score (nSPS) is 22.4. The summed E-state index contributed by atoms with van der Waals surface area (Å²) in [6.07, 6.45) is 9.07. The first-order chi connectivity index (χ1) is 21.2. The second-order valence-electron chi connectivity index (χ2n) is 12.5. The Balaban J connectivity index is 1.11. The molecule has 3 aromatic rings. The molecule has 3 aromatic carbocycles. The van der Waals surface area contributed by atoms with E-state index in [0.717, 1.165) is 43.5 Å². The van der Waals surface area contributed by atoms with Crippen LogP contribution in [0.5, 0.6) is 0 Å². The van der Waals surface area contributed by atoms with Crippen LogP contribution in [-0.2, 0) is 33.9 Å². The molecule has 0 spiro atoms. The van der Waals surface area contributed by atoms with Gasteiger partial charge in [0.25, 0.3) is 5.91 Å². The summed E-state index contributed by atoms with van der Waals surface area (Å²) in [5.41, 5.74) is 8.44. The number of carbonyl (C=O) groups excluding carboxylic acids is 1. The molecule has 224 valence electrons. The first-order valence-electron chi connectivity index (χ1n) is 16.1. The maximum absolute atomic E-state index is 14.0. The van der Waals surface area contributed by atoms with E-state index in [1.54, 1.807) is 0 Å². The number of carbonyl (C=O) groups is 1. The van der Waals surface area contributed by atoms with Crippen molar-refractivity contribution >= 4 is 5.91 Å². The zero-order chi connectivity index (χ0) is 29.2. The van der Waals surface area contributed by atoms with Gasteiger partial charge in [0.2, 0.25) is 6.29 Å². The molecule has 43 heavy (non-hydrogen) atoms. The van der Waals surface area contributed by atoms with Gasteiger partial charge in [-0.25, -0.2) is 0 Å². The molecule has 2 saturated heterocycles. The quantitative estimate of drug-likeness (QED) is 0.285. The van der Waals surface area contributed by atoms with Gasteiger partial charge in [-0.1, -0.05) is 73.2 Å². The molecular formula is C37H42N2O4. The summed E-state index contributed by atoms with van der Waals surface area (Å²) in [6.45, 7) is 4.33. The number of ether oxygens (including phenoxy) is 2. The van der Waals surface area contributed by atoms with Crippen molar-refractivity contribution in [2.45, 2.75) is 76.4 Å². The monoisotopic (exact) mass is 578 g/mol. The van der Waals surface area contributed by atoms with E-state index in [1.165, 1.54) is 60.2 Å². The zero-order valence-corrected chi connectivity index (χ0v) is 24.9. The summed E-state index contributed by atoms with van der Waals surface area (Å²) in [5.74, 6) is 0.421. The number of hydrogen-bond acceptors (Lipinski definition) is 5. The number of nitrogens with zero attached hydrogens (tertiary/aromatic N) is 2. The highest BCUT2D eigenvalue weighted by molar-refractivity contribution is 5.92. The van der Waals surface area contributed by atoms with Gasteiger partial charge < -0.3 is 24.4 Å². The molecule has 4 aliphatic rings. The number of aliphatic hydroxyl groups excluding tert-OH is 1. The number of amides is 1. The van der Waals surface area contributed by atoms with Crippen LogP contribution < -0.4 is 0 Å². The number of rotatable bonds is 7. The van der Waals surface area contributed by atoms with E-state index in [9.17, 15) is 9.90 Å². The lowest BCUT2D eigenvalue weighted by Gasteiger charge is -2.40. The van der Waals surface area contributed by atoms with Crippen LogP contribution in [0, 0.1) is 0 Å². The molecule has 0 saturated carbocycles. The molecule has 0 unspecified atom stereocenters. The summed E-state index contributed by atoms with van der Waals surface area (Å²) < 4.78 is 12.7. The molecule has 3 heterocycles. The molecule has 0 radical (unpaired) electrons. The Morgan fingerprint density at radius 1 is 0.860 bits per heavy atom. The van der Waals surface area contributed by atoms with E-state index in [2.05, 4.69) is 53.4 Å². The summed E-state index contributed by atoms with van der Waals surface area (Å²) in [7, 11) is 0. The smallest absolute Gasteiger partial charge is 0.288 e. The van der Waals surface area contributed by atoms with Gasteiger partial charge in [-0.3, -0.25) is 4.79 Å². The second kappa shape index (κ2) is 12.7. The van der Waals surface area contributed by atoms with Crippen LogP contribution in [0.3, 0.4) is 0 Å². The van der Waals surface area contributed by atoms with E-state index in [1.807, 2.05) is 29.2 Å². The average Bonchev–Trinajstić information content (AvgIpc) is 3.46. The van der Waals surface area contributed by atoms with Gasteiger partial charge in [-0.2, -0.15) is 0 Å². The Kier molecular flexibility index (Phi) is 8.33. The predicted octanol–water partition coefficient (Wildman–Crippen LogP) is 6.16. The molecule has 7 rings (SSSR count). The topological polar surface area (TPSA) is 62.2 Å². The predicted molar refractivity (Wildman–Crippen MR) is 167 cm³/mol. The van der Waals surface area contributed by atoms with E-state index < -0.39 is 6.29 Å². The van der Waals surface area contributed by atoms with Gasteiger partial charge in [0.1, 0.15) is 0 Å². The van der Waals surface area contributed by atoms with Crippen LogP contribution >= 0.6 is 0 Å². The van der Waals surface area contributed by atoms with Crippen LogP contribution in [-0.4, -0.2) is 59.3 Å². The fraction of sp³-hybridized carbons (Fsp3) is 0.432. The molecule has 2 fully saturated rings. The van der Waals surface area contributed by atoms with Crippen molar-refractivity contribution in [3.8, 4) is 11.1 Å². The Morgan fingerprint density at radius 2 is 1.60 bits per heavy atom. The highest BCUT2D eigenvalue weighted by Gasteiger charge is 2.35. The van der Waals surface area contributed by atoms with Crippen LogP contribution in [0.15, 0.2) is 78.6 Å². The fourth-order valence-corrected chi connectivity index (χ4v) is 7.46. The molecule has 0 bridgehead atoms. The van der Waals surface area contributed by atoms with Crippen LogP contribution in [0.25, 0.3) is 11.1 Å². The molecule has 1 amide bonds. The second-order valence-corrected chi connectivity index (χ2v) is 12.5. The lowest BCUT2D eigenvalue weighted by Crippen LogP contribution is -2.49. The van der Waals surface area contributed by atoms with Crippen molar-refractivity contribution < 1.29 is 19.4 Å². The number of hydrogen-bond donors (Lipinski definition) is 1. The molecule has 2 atom stereocenters. The number of fused-ring (bicyclic) bond motifs is 3. The van der Waals surface area contributed by atoms with Gasteiger partial charge in [0.05, 0.1) is 13.2 Å². The van der Waals surface area contributed by atoms with Crippen molar-refractivity contribution in [1.82, 2.24) is 9.80 Å². The molecule has 1 N–H and O–H groups in total. The van der Waals surface area contributed by atoms with Gasteiger partial charge >= 0.3 is 0 Å². The van der Waals surface area contributed by atoms with Gasteiger partial charge in [0, 0.05) is 31.5 Å². The third-order valence-corrected chi connectivity index (χ3v) is 9.85. The average molecular weight is 579 g/mol. The van der Waals surface area contributed by atoms with Crippen molar-refractivity contribution in [1.29, 1.82) is 0 Å². The third kappa shape index (κ3) is 6.01. The Bertz CT molecular complexity index is 1470. The summed E-state index contributed by atoms with van der Waals surface area (Å²) in [6, 6.07) is 23.6. The Labute approximate surface area is 254 Å². The lowest BCUT2D eigenvalue weighted by molar-refractivity contribution is -0.157. The number of allylic oxidation sites excluding steroid dienone is 1. The molecular weight excluding hydrogens is 536 g/mol. The lowest BCUT2D eigenvalue weighted by atomic mass is 9.87. The number of benzene rings is 3. The molecule has 3 aliphatic heterocycles. The standard InChI is InChI=1S/C37H42N2O4/c40-24-26-11-13-27(14-12-26)25-42-36-23-29(32-9-6-10-33-31-8-3-2-7-28(31)21-34(32)33)22-35(43-36)37(41)39-19-15-30(16-20-39)38-17-4-1-5-18-38/h2-3,6-14,22,29-30,36,40H,1,4-5,15-21,23-25H2/t29-,36+/m1/s1. The third-order valence-electron chi connectivity index (χ3n) is 9.85.